The molecule has 0 heterocycles. The molecule has 4 bridgehead atoms. The van der Waals surface area contributed by atoms with E-state index in [1.807, 2.05) is 0 Å². The summed E-state index contributed by atoms with van der Waals surface area (Å²) in [4.78, 5) is 24.2. The normalized spacial score (nSPS) is 30.3. The van der Waals surface area contributed by atoms with Gasteiger partial charge in [-0.05, 0) is 76.5 Å². The van der Waals surface area contributed by atoms with Crippen molar-refractivity contribution in [1.82, 2.24) is 9.62 Å². The molecule has 1 aromatic rings. The monoisotopic (exact) mass is 463 g/mol. The minimum atomic E-state index is -4.04. The molecule has 9 heteroatoms. The lowest BCUT2D eigenvalue weighted by molar-refractivity contribution is -0.385. The Kier molecular flexibility index (Phi) is 5.86. The van der Waals surface area contributed by atoms with E-state index in [1.54, 1.807) is 19.9 Å². The highest BCUT2D eigenvalue weighted by Crippen LogP contribution is 2.53. The first-order chi connectivity index (χ1) is 14.9. The third kappa shape index (κ3) is 3.83. The minimum absolute atomic E-state index is 0.110. The maximum atomic E-state index is 13.4. The van der Waals surface area contributed by atoms with E-state index >= 15 is 0 Å². The van der Waals surface area contributed by atoms with Crippen LogP contribution in [0.3, 0.4) is 0 Å². The van der Waals surface area contributed by atoms with Crippen LogP contribution in [0.1, 0.15) is 63.7 Å². The zero-order valence-electron chi connectivity index (χ0n) is 19.2. The number of nitrogens with one attached hydrogen (secondary N) is 1. The first kappa shape index (κ1) is 23.2. The van der Waals surface area contributed by atoms with E-state index in [9.17, 15) is 23.3 Å². The summed E-state index contributed by atoms with van der Waals surface area (Å²) < 4.78 is 27.9. The Morgan fingerprint density at radius 2 is 1.66 bits per heavy atom. The molecule has 0 aromatic heterocycles. The van der Waals surface area contributed by atoms with Crippen molar-refractivity contribution in [3.05, 3.63) is 39.9 Å². The molecule has 8 nitrogen and oxygen atoms in total. The van der Waals surface area contributed by atoms with Crippen LogP contribution in [-0.2, 0) is 14.8 Å². The SMILES string of the molecule is CC(c1ccccc1[N+](=O)[O-])S(=O)(=O)N(C)C(C)(C)C(=O)NC1C2CC3CC(C2)CC1C3. The molecule has 1 N–H and O–H groups in total. The van der Waals surface area contributed by atoms with Gasteiger partial charge >= 0.3 is 0 Å². The van der Waals surface area contributed by atoms with Gasteiger partial charge in [-0.1, -0.05) is 18.2 Å². The average molecular weight is 464 g/mol. The van der Waals surface area contributed by atoms with Crippen LogP contribution < -0.4 is 5.32 Å². The van der Waals surface area contributed by atoms with Crippen molar-refractivity contribution in [3.8, 4) is 0 Å². The molecule has 5 rings (SSSR count). The molecular formula is C23H33N3O5S. The molecular weight excluding hydrogens is 430 g/mol. The molecule has 0 radical (unpaired) electrons. The van der Waals surface area contributed by atoms with E-state index in [4.69, 9.17) is 0 Å². The van der Waals surface area contributed by atoms with Gasteiger partial charge in [0.2, 0.25) is 15.9 Å². The lowest BCUT2D eigenvalue weighted by atomic mass is 9.54. The first-order valence-corrected chi connectivity index (χ1v) is 12.9. The smallest absolute Gasteiger partial charge is 0.273 e. The minimum Gasteiger partial charge on any atom is -0.351 e. The van der Waals surface area contributed by atoms with Crippen LogP contribution in [0.2, 0.25) is 0 Å². The van der Waals surface area contributed by atoms with Crippen LogP contribution in [0.25, 0.3) is 0 Å². The quantitative estimate of drug-likeness (QED) is 0.490. The van der Waals surface area contributed by atoms with Gasteiger partial charge < -0.3 is 5.32 Å². The summed E-state index contributed by atoms with van der Waals surface area (Å²) in [5, 5.41) is 13.4. The summed E-state index contributed by atoms with van der Waals surface area (Å²) in [6.45, 7) is 4.63. The number of nitro groups is 1. The topological polar surface area (TPSA) is 110 Å². The van der Waals surface area contributed by atoms with E-state index in [0.717, 1.165) is 41.8 Å². The Balaban J connectivity index is 1.53. The number of nitrogens with zero attached hydrogens (tertiary/aromatic N) is 2. The van der Waals surface area contributed by atoms with Crippen molar-refractivity contribution in [2.45, 2.75) is 69.7 Å². The van der Waals surface area contributed by atoms with Crippen LogP contribution >= 0.6 is 0 Å². The molecule has 32 heavy (non-hydrogen) atoms. The molecule has 0 spiro atoms. The molecule has 4 fully saturated rings. The number of rotatable bonds is 7. The van der Waals surface area contributed by atoms with Crippen LogP contribution in [-0.4, -0.2) is 42.2 Å². The van der Waals surface area contributed by atoms with Crippen molar-refractivity contribution in [2.75, 3.05) is 7.05 Å². The van der Waals surface area contributed by atoms with Gasteiger partial charge in [-0.15, -0.1) is 0 Å². The summed E-state index contributed by atoms with van der Waals surface area (Å²) in [5.41, 5.74) is -1.46. The van der Waals surface area contributed by atoms with Crippen LogP contribution in [0, 0.1) is 33.8 Å². The van der Waals surface area contributed by atoms with E-state index in [2.05, 4.69) is 5.32 Å². The number of sulfonamides is 1. The summed E-state index contributed by atoms with van der Waals surface area (Å²) in [5.74, 6) is 2.22. The fraction of sp³-hybridized carbons (Fsp3) is 0.696. The van der Waals surface area contributed by atoms with E-state index in [0.29, 0.717) is 11.8 Å². The Bertz CT molecular complexity index is 994. The first-order valence-electron chi connectivity index (χ1n) is 11.4. The molecule has 4 aliphatic carbocycles. The zero-order chi connectivity index (χ0) is 23.4. The van der Waals surface area contributed by atoms with E-state index in [-0.39, 0.29) is 23.2 Å². The van der Waals surface area contributed by atoms with Crippen LogP contribution in [0.4, 0.5) is 5.69 Å². The van der Waals surface area contributed by atoms with Gasteiger partial charge in [-0.2, -0.15) is 4.31 Å². The fourth-order valence-electron chi connectivity index (χ4n) is 6.35. The molecule has 4 aliphatic rings. The van der Waals surface area contributed by atoms with Crippen LogP contribution in [0.5, 0.6) is 0 Å². The number of likely N-dealkylation sites (N-methyl/N-ethyl adjacent to an activating group) is 1. The highest BCUT2D eigenvalue weighted by molar-refractivity contribution is 7.89. The second-order valence-electron chi connectivity index (χ2n) is 10.5. The molecule has 0 aliphatic heterocycles. The third-order valence-electron chi connectivity index (χ3n) is 8.27. The van der Waals surface area contributed by atoms with Gasteiger partial charge in [0.05, 0.1) is 4.92 Å². The number of para-hydroxylation sites is 1. The Morgan fingerprint density at radius 3 is 2.19 bits per heavy atom. The van der Waals surface area contributed by atoms with E-state index < -0.39 is 25.7 Å². The molecule has 0 saturated heterocycles. The number of carbonyl (C=O) groups excluding carboxylic acids is 1. The summed E-state index contributed by atoms with van der Waals surface area (Å²) >= 11 is 0. The maximum absolute atomic E-state index is 13.4. The second kappa shape index (κ2) is 8.09. The molecule has 176 valence electrons. The van der Waals surface area contributed by atoms with Crippen molar-refractivity contribution in [1.29, 1.82) is 0 Å². The van der Waals surface area contributed by atoms with Gasteiger partial charge in [0.15, 0.2) is 0 Å². The summed E-state index contributed by atoms with van der Waals surface area (Å²) in [6.07, 6.45) is 5.94. The predicted octanol–water partition coefficient (Wildman–Crippen LogP) is 3.64. The predicted molar refractivity (Wildman–Crippen MR) is 121 cm³/mol. The molecule has 1 atom stereocenters. The number of amides is 1. The highest BCUT2D eigenvalue weighted by atomic mass is 32.2. The third-order valence-corrected chi connectivity index (χ3v) is 10.6. The van der Waals surface area contributed by atoms with Gasteiger partial charge in [-0.25, -0.2) is 8.42 Å². The van der Waals surface area contributed by atoms with Crippen molar-refractivity contribution in [3.63, 3.8) is 0 Å². The highest BCUT2D eigenvalue weighted by Gasteiger charge is 2.50. The lowest BCUT2D eigenvalue weighted by Gasteiger charge is -2.55. The number of hydrogen-bond donors (Lipinski definition) is 1. The lowest BCUT2D eigenvalue weighted by Crippen LogP contribution is -2.62. The number of hydrogen-bond acceptors (Lipinski definition) is 5. The number of nitro benzene ring substituents is 1. The molecule has 1 amide bonds. The van der Waals surface area contributed by atoms with Crippen molar-refractivity contribution >= 4 is 21.6 Å². The number of carbonyl (C=O) groups is 1. The van der Waals surface area contributed by atoms with Gasteiger partial charge in [0.1, 0.15) is 10.8 Å². The molecule has 1 unspecified atom stereocenters. The van der Waals surface area contributed by atoms with Crippen LogP contribution in [0.15, 0.2) is 24.3 Å². The standard InChI is InChI=1S/C23H33N3O5S/c1-14(19-7-5-6-8-20(19)26(28)29)32(30,31)25(4)23(2,3)22(27)24-21-17-10-15-9-16(12-17)13-18(21)11-15/h5-8,14-18,21H,9-13H2,1-4H3,(H,24,27). The fourth-order valence-corrected chi connectivity index (χ4v) is 8.06. The van der Waals surface area contributed by atoms with E-state index in [1.165, 1.54) is 38.6 Å². The molecule has 4 saturated carbocycles. The van der Waals surface area contributed by atoms with Crippen molar-refractivity contribution < 1.29 is 18.1 Å². The summed E-state index contributed by atoms with van der Waals surface area (Å²) in [6, 6.07) is 5.95. The average Bonchev–Trinajstić information content (AvgIpc) is 2.74. The Labute approximate surface area is 190 Å². The largest absolute Gasteiger partial charge is 0.351 e. The maximum Gasteiger partial charge on any atom is 0.273 e. The Morgan fingerprint density at radius 1 is 1.12 bits per heavy atom. The van der Waals surface area contributed by atoms with Gasteiger partial charge in [0.25, 0.3) is 5.69 Å². The van der Waals surface area contributed by atoms with Crippen molar-refractivity contribution in [2.24, 2.45) is 23.7 Å². The zero-order valence-corrected chi connectivity index (χ0v) is 20.0. The number of benzene rings is 1. The van der Waals surface area contributed by atoms with Gasteiger partial charge in [0, 0.05) is 24.7 Å². The second-order valence-corrected chi connectivity index (χ2v) is 12.7. The Hall–Kier alpha value is -2.00. The summed E-state index contributed by atoms with van der Waals surface area (Å²) in [7, 11) is -2.66. The van der Waals surface area contributed by atoms with Gasteiger partial charge in [-0.3, -0.25) is 14.9 Å². The molecule has 1 aromatic carbocycles.